The van der Waals surface area contributed by atoms with E-state index in [1.165, 1.54) is 0 Å². The highest BCUT2D eigenvalue weighted by Gasteiger charge is 2.20. The minimum atomic E-state index is -0.259. The zero-order chi connectivity index (χ0) is 13.2. The van der Waals surface area contributed by atoms with Crippen LogP contribution in [-0.2, 0) is 12.8 Å². The Kier molecular flexibility index (Phi) is 4.83. The number of amides is 1. The van der Waals surface area contributed by atoms with E-state index < -0.39 is 0 Å². The molecule has 5 nitrogen and oxygen atoms in total. The van der Waals surface area contributed by atoms with Crippen molar-refractivity contribution in [3.8, 4) is 0 Å². The van der Waals surface area contributed by atoms with E-state index in [2.05, 4.69) is 15.6 Å². The van der Waals surface area contributed by atoms with E-state index in [0.717, 1.165) is 50.0 Å². The van der Waals surface area contributed by atoms with Crippen molar-refractivity contribution in [1.82, 2.24) is 15.6 Å². The molecule has 2 aliphatic rings. The number of aromatic nitrogens is 1. The van der Waals surface area contributed by atoms with Gasteiger partial charge in [-0.3, -0.25) is 9.59 Å². The molecule has 1 aliphatic heterocycles. The van der Waals surface area contributed by atoms with Gasteiger partial charge in [-0.1, -0.05) is 0 Å². The molecular weight excluding hydrogens is 278 g/mol. The number of hydrogen-bond donors (Lipinski definition) is 3. The summed E-state index contributed by atoms with van der Waals surface area (Å²) in [5.74, 6) is 0.252. The lowest BCUT2D eigenvalue weighted by atomic mass is 9.95. The number of aromatic amines is 1. The normalized spacial score (nSPS) is 17.6. The quantitative estimate of drug-likeness (QED) is 0.766. The molecule has 110 valence electrons. The second kappa shape index (κ2) is 6.41. The predicted octanol–water partition coefficient (Wildman–Crippen LogP) is 0.625. The van der Waals surface area contributed by atoms with Crippen molar-refractivity contribution < 1.29 is 4.79 Å². The Morgan fingerprint density at radius 2 is 2.05 bits per heavy atom. The van der Waals surface area contributed by atoms with Gasteiger partial charge in [-0.2, -0.15) is 0 Å². The summed E-state index contributed by atoms with van der Waals surface area (Å²) in [6, 6.07) is 1.78. The summed E-state index contributed by atoms with van der Waals surface area (Å²) in [6.07, 6.45) is 4.12. The molecule has 0 aromatic carbocycles. The molecule has 0 saturated carbocycles. The van der Waals surface area contributed by atoms with Crippen LogP contribution >= 0.6 is 12.4 Å². The van der Waals surface area contributed by atoms with Gasteiger partial charge in [-0.15, -0.1) is 12.4 Å². The van der Waals surface area contributed by atoms with Gasteiger partial charge >= 0.3 is 0 Å². The molecule has 20 heavy (non-hydrogen) atoms. The number of rotatable bonds is 3. The second-order valence-corrected chi connectivity index (χ2v) is 5.46. The molecule has 1 fully saturated rings. The van der Waals surface area contributed by atoms with Crippen LogP contribution in [0.2, 0.25) is 0 Å². The highest BCUT2D eigenvalue weighted by molar-refractivity contribution is 5.94. The van der Waals surface area contributed by atoms with Gasteiger partial charge < -0.3 is 15.6 Å². The molecule has 3 rings (SSSR count). The maximum atomic E-state index is 12.0. The van der Waals surface area contributed by atoms with Gasteiger partial charge in [0.05, 0.1) is 0 Å². The summed E-state index contributed by atoms with van der Waals surface area (Å²) in [4.78, 5) is 26.8. The van der Waals surface area contributed by atoms with E-state index in [-0.39, 0.29) is 29.4 Å². The van der Waals surface area contributed by atoms with Gasteiger partial charge in [-0.05, 0) is 37.3 Å². The lowest BCUT2D eigenvalue weighted by molar-refractivity contribution is 0.0940. The topological polar surface area (TPSA) is 74.0 Å². The first-order valence-corrected chi connectivity index (χ1v) is 6.98. The second-order valence-electron chi connectivity index (χ2n) is 5.46. The van der Waals surface area contributed by atoms with Crippen LogP contribution in [-0.4, -0.2) is 30.5 Å². The minimum Gasteiger partial charge on any atom is -0.351 e. The van der Waals surface area contributed by atoms with Crippen LogP contribution in [0.1, 0.15) is 34.5 Å². The molecule has 0 unspecified atom stereocenters. The number of nitrogens with one attached hydrogen (secondary N) is 3. The van der Waals surface area contributed by atoms with Crippen LogP contribution in [0.4, 0.5) is 0 Å². The van der Waals surface area contributed by atoms with Gasteiger partial charge in [0, 0.05) is 31.2 Å². The number of carbonyl (C=O) groups is 1. The number of halogens is 1. The minimum absolute atomic E-state index is 0. The van der Waals surface area contributed by atoms with Crippen molar-refractivity contribution >= 4 is 18.3 Å². The average Bonchev–Trinajstić information content (AvgIpc) is 2.36. The van der Waals surface area contributed by atoms with Crippen LogP contribution in [0.25, 0.3) is 0 Å². The van der Waals surface area contributed by atoms with Crippen LogP contribution in [0.3, 0.4) is 0 Å². The van der Waals surface area contributed by atoms with E-state index in [9.17, 15) is 9.59 Å². The monoisotopic (exact) mass is 297 g/mol. The van der Waals surface area contributed by atoms with E-state index in [0.29, 0.717) is 12.5 Å². The van der Waals surface area contributed by atoms with E-state index in [4.69, 9.17) is 0 Å². The van der Waals surface area contributed by atoms with Crippen molar-refractivity contribution in [3.05, 3.63) is 33.2 Å². The molecule has 1 saturated heterocycles. The summed E-state index contributed by atoms with van der Waals surface area (Å²) < 4.78 is 0. The van der Waals surface area contributed by atoms with Crippen molar-refractivity contribution in [3.63, 3.8) is 0 Å². The van der Waals surface area contributed by atoms with Crippen LogP contribution in [0.15, 0.2) is 10.9 Å². The fourth-order valence-corrected chi connectivity index (χ4v) is 2.67. The predicted molar refractivity (Wildman–Crippen MR) is 79.6 cm³/mol. The summed E-state index contributed by atoms with van der Waals surface area (Å²) in [6.45, 7) is 2.53. The third-order valence-electron chi connectivity index (χ3n) is 4.00. The fraction of sp³-hybridized carbons (Fsp3) is 0.571. The first-order chi connectivity index (χ1) is 9.24. The Morgan fingerprint density at radius 1 is 1.30 bits per heavy atom. The van der Waals surface area contributed by atoms with Crippen LogP contribution in [0.5, 0.6) is 0 Å². The Labute approximate surface area is 123 Å². The molecule has 1 aromatic heterocycles. The van der Waals surface area contributed by atoms with Crippen molar-refractivity contribution in [1.29, 1.82) is 0 Å². The lowest BCUT2D eigenvalue weighted by Gasteiger charge is -2.27. The number of H-pyrrole nitrogens is 1. The molecule has 0 bridgehead atoms. The Bertz CT molecular complexity index is 552. The molecule has 2 heterocycles. The molecule has 0 atom stereocenters. The molecular formula is C14H20ClN3O2. The zero-order valence-electron chi connectivity index (χ0n) is 11.3. The largest absolute Gasteiger partial charge is 0.351 e. The van der Waals surface area contributed by atoms with Crippen molar-refractivity contribution in [2.45, 2.75) is 25.7 Å². The van der Waals surface area contributed by atoms with Gasteiger partial charge in [0.2, 0.25) is 0 Å². The molecule has 0 spiro atoms. The van der Waals surface area contributed by atoms with Crippen molar-refractivity contribution in [2.24, 2.45) is 5.92 Å². The van der Waals surface area contributed by atoms with E-state index in [1.807, 2.05) is 0 Å². The Morgan fingerprint density at radius 3 is 2.75 bits per heavy atom. The van der Waals surface area contributed by atoms with Crippen LogP contribution in [0, 0.1) is 5.92 Å². The highest BCUT2D eigenvalue weighted by Crippen LogP contribution is 2.18. The SMILES string of the molecule is Cl.O=C(NCC1CNC1)c1cc2c([nH]c1=O)CCCC2. The number of aryl methyl sites for hydroxylation is 2. The fourth-order valence-electron chi connectivity index (χ4n) is 2.67. The van der Waals surface area contributed by atoms with Gasteiger partial charge in [0.25, 0.3) is 11.5 Å². The smallest absolute Gasteiger partial charge is 0.261 e. The van der Waals surface area contributed by atoms with E-state index >= 15 is 0 Å². The number of fused-ring (bicyclic) bond motifs is 1. The average molecular weight is 298 g/mol. The molecule has 1 aliphatic carbocycles. The Balaban J connectivity index is 0.00000147. The third-order valence-corrected chi connectivity index (χ3v) is 4.00. The van der Waals surface area contributed by atoms with Gasteiger partial charge in [0.15, 0.2) is 0 Å². The Hall–Kier alpha value is -1.33. The number of hydrogen-bond acceptors (Lipinski definition) is 3. The zero-order valence-corrected chi connectivity index (χ0v) is 12.1. The molecule has 1 aromatic rings. The standard InChI is InChI=1S/C14H19N3O2.ClH/c18-13(16-8-9-6-15-7-9)11-5-10-3-1-2-4-12(10)17-14(11)19;/h5,9,15H,1-4,6-8H2,(H,16,18)(H,17,19);1H. The first kappa shape index (κ1) is 15.1. The molecule has 1 amide bonds. The van der Waals surface area contributed by atoms with E-state index in [1.54, 1.807) is 6.07 Å². The summed E-state index contributed by atoms with van der Waals surface area (Å²) in [5, 5.41) is 6.01. The summed E-state index contributed by atoms with van der Waals surface area (Å²) >= 11 is 0. The maximum absolute atomic E-state index is 12.0. The first-order valence-electron chi connectivity index (χ1n) is 6.98. The number of pyridine rings is 1. The third kappa shape index (κ3) is 3.04. The molecule has 3 N–H and O–H groups in total. The summed E-state index contributed by atoms with van der Waals surface area (Å²) in [5.41, 5.74) is 2.13. The van der Waals surface area contributed by atoms with Crippen molar-refractivity contribution in [2.75, 3.05) is 19.6 Å². The lowest BCUT2D eigenvalue weighted by Crippen LogP contribution is -2.48. The van der Waals surface area contributed by atoms with Gasteiger partial charge in [0.1, 0.15) is 5.56 Å². The molecule has 6 heteroatoms. The highest BCUT2D eigenvalue weighted by atomic mass is 35.5. The maximum Gasteiger partial charge on any atom is 0.261 e. The van der Waals surface area contributed by atoms with Crippen LogP contribution < -0.4 is 16.2 Å². The number of carbonyl (C=O) groups excluding carboxylic acids is 1. The van der Waals surface area contributed by atoms with Gasteiger partial charge in [-0.25, -0.2) is 0 Å². The summed E-state index contributed by atoms with van der Waals surface area (Å²) in [7, 11) is 0. The molecule has 0 radical (unpaired) electrons.